The van der Waals surface area contributed by atoms with Gasteiger partial charge in [-0.15, -0.1) is 0 Å². The Kier molecular flexibility index (Phi) is 6.54. The predicted molar refractivity (Wildman–Crippen MR) is 131 cm³/mol. The van der Waals surface area contributed by atoms with Crippen LogP contribution < -0.4 is 15.5 Å². The molecule has 2 aliphatic heterocycles. The molecule has 0 saturated carbocycles. The lowest BCUT2D eigenvalue weighted by Gasteiger charge is -2.34. The monoisotopic (exact) mass is 485 g/mol. The van der Waals surface area contributed by atoms with Gasteiger partial charge >= 0.3 is 5.97 Å². The van der Waals surface area contributed by atoms with Crippen molar-refractivity contribution in [2.75, 3.05) is 49.5 Å². The minimum atomic E-state index is -0.966. The van der Waals surface area contributed by atoms with Gasteiger partial charge in [0.2, 0.25) is 5.95 Å². The van der Waals surface area contributed by atoms with Crippen LogP contribution in [0.5, 0.6) is 0 Å². The smallest absolute Gasteiger partial charge is 0.347 e. The maximum atomic E-state index is 11.4. The fourth-order valence-electron chi connectivity index (χ4n) is 4.32. The maximum Gasteiger partial charge on any atom is 0.347 e. The van der Waals surface area contributed by atoms with Crippen LogP contribution >= 0.6 is 22.7 Å². The van der Waals surface area contributed by atoms with Gasteiger partial charge in [-0.25, -0.2) is 14.8 Å². The first-order valence-corrected chi connectivity index (χ1v) is 12.9. The summed E-state index contributed by atoms with van der Waals surface area (Å²) in [6.07, 6.45) is 1.97. The third-order valence-corrected chi connectivity index (χ3v) is 7.84. The average Bonchev–Trinajstić information content (AvgIpc) is 3.47. The second-order valence-electron chi connectivity index (χ2n) is 8.30. The first-order chi connectivity index (χ1) is 16.1. The molecule has 0 unspecified atom stereocenters. The molecule has 174 valence electrons. The number of thiophene rings is 1. The highest BCUT2D eigenvalue weighted by Gasteiger charge is 2.26. The van der Waals surface area contributed by atoms with Gasteiger partial charge in [-0.3, -0.25) is 10.2 Å². The number of nitrogens with one attached hydrogen (secondary N) is 2. The highest BCUT2D eigenvalue weighted by atomic mass is 32.1. The first kappa shape index (κ1) is 22.2. The summed E-state index contributed by atoms with van der Waals surface area (Å²) < 4.78 is 0. The van der Waals surface area contributed by atoms with E-state index in [2.05, 4.69) is 42.2 Å². The Balaban J connectivity index is 1.41. The van der Waals surface area contributed by atoms with E-state index in [0.717, 1.165) is 81.5 Å². The van der Waals surface area contributed by atoms with E-state index in [0.29, 0.717) is 16.8 Å². The van der Waals surface area contributed by atoms with Crippen LogP contribution in [0.2, 0.25) is 0 Å². The van der Waals surface area contributed by atoms with E-state index >= 15 is 0 Å². The lowest BCUT2D eigenvalue weighted by molar-refractivity contribution is 0.0701. The zero-order chi connectivity index (χ0) is 22.8. The second-order valence-corrected chi connectivity index (χ2v) is 10.1. The molecule has 1 saturated heterocycles. The van der Waals surface area contributed by atoms with Crippen molar-refractivity contribution in [3.8, 4) is 0 Å². The number of hydrogen-bond acceptors (Lipinski definition) is 10. The molecular weight excluding hydrogens is 458 g/mol. The zero-order valence-corrected chi connectivity index (χ0v) is 20.1. The lowest BCUT2D eigenvalue weighted by atomic mass is 10.0. The summed E-state index contributed by atoms with van der Waals surface area (Å²) in [5.74, 6) is 0.507. The maximum absolute atomic E-state index is 11.4. The normalized spacial score (nSPS) is 16.6. The molecule has 3 aromatic rings. The number of fused-ring (bicyclic) bond motifs is 1. The molecule has 0 atom stereocenters. The fourth-order valence-corrected chi connectivity index (χ4v) is 5.82. The summed E-state index contributed by atoms with van der Waals surface area (Å²) in [5.41, 5.74) is 4.15. The van der Waals surface area contributed by atoms with Crippen LogP contribution in [0.1, 0.15) is 32.2 Å². The van der Waals surface area contributed by atoms with Gasteiger partial charge in [0.1, 0.15) is 10.7 Å². The van der Waals surface area contributed by atoms with Crippen LogP contribution in [0.25, 0.3) is 0 Å². The van der Waals surface area contributed by atoms with E-state index < -0.39 is 5.97 Å². The number of thiazole rings is 1. The lowest BCUT2D eigenvalue weighted by Crippen LogP contribution is -2.45. The van der Waals surface area contributed by atoms with E-state index in [1.54, 1.807) is 18.3 Å². The highest BCUT2D eigenvalue weighted by molar-refractivity contribution is 7.17. The van der Waals surface area contributed by atoms with Crippen molar-refractivity contribution in [2.24, 2.45) is 0 Å². The minimum absolute atomic E-state index is 0.234. The standard InChI is InChI=1S/C22H27N7O2S2/c1-14-18(20(30)31)33-22(24-14)27-21-25-17-12-28(7-2-15-4-11-32-13-15)8-3-16(17)19(26-21)29-9-5-23-6-10-29/h4,11,13,23H,2-3,5-10,12H2,1H3,(H,30,31)(H,24,25,26,27). The number of piperazine rings is 1. The van der Waals surface area contributed by atoms with Gasteiger partial charge in [0.25, 0.3) is 0 Å². The summed E-state index contributed by atoms with van der Waals surface area (Å²) in [5, 5.41) is 20.8. The Morgan fingerprint density at radius 3 is 2.82 bits per heavy atom. The SMILES string of the molecule is Cc1nc(Nc2nc3c(c(N4CCNCC4)n2)CCN(CCc2ccsc2)C3)sc1C(=O)O. The summed E-state index contributed by atoms with van der Waals surface area (Å²) in [6, 6.07) is 2.19. The van der Waals surface area contributed by atoms with Gasteiger partial charge in [0.05, 0.1) is 11.4 Å². The number of rotatable bonds is 7. The second kappa shape index (κ2) is 9.72. The highest BCUT2D eigenvalue weighted by Crippen LogP contribution is 2.30. The van der Waals surface area contributed by atoms with E-state index in [1.807, 2.05) is 0 Å². The quantitative estimate of drug-likeness (QED) is 0.466. The van der Waals surface area contributed by atoms with Gasteiger partial charge in [-0.1, -0.05) is 11.3 Å². The molecule has 2 aliphatic rings. The Labute approximate surface area is 200 Å². The molecule has 11 heteroatoms. The topological polar surface area (TPSA) is 107 Å². The van der Waals surface area contributed by atoms with Crippen LogP contribution in [0.15, 0.2) is 16.8 Å². The number of carboxylic acid groups (broad SMARTS) is 1. The van der Waals surface area contributed by atoms with E-state index in [1.165, 1.54) is 11.1 Å². The van der Waals surface area contributed by atoms with Crippen molar-refractivity contribution in [1.29, 1.82) is 0 Å². The molecule has 0 spiro atoms. The Bertz CT molecular complexity index is 1130. The van der Waals surface area contributed by atoms with E-state index in [-0.39, 0.29) is 4.88 Å². The number of aromatic carboxylic acids is 1. The van der Waals surface area contributed by atoms with Crippen molar-refractivity contribution in [1.82, 2.24) is 25.2 Å². The first-order valence-electron chi connectivity index (χ1n) is 11.1. The van der Waals surface area contributed by atoms with Crippen molar-refractivity contribution in [2.45, 2.75) is 26.3 Å². The summed E-state index contributed by atoms with van der Waals surface area (Å²) in [6.45, 7) is 8.17. The van der Waals surface area contributed by atoms with Crippen LogP contribution in [0.3, 0.4) is 0 Å². The van der Waals surface area contributed by atoms with Crippen molar-refractivity contribution >= 4 is 45.5 Å². The van der Waals surface area contributed by atoms with Crippen molar-refractivity contribution in [3.63, 3.8) is 0 Å². The number of carbonyl (C=O) groups is 1. The summed E-state index contributed by atoms with van der Waals surface area (Å²) >= 11 is 2.85. The third-order valence-electron chi connectivity index (χ3n) is 6.05. The minimum Gasteiger partial charge on any atom is -0.477 e. The number of anilines is 3. The molecule has 5 rings (SSSR count). The molecule has 0 aromatic carbocycles. The fraction of sp³-hybridized carbons (Fsp3) is 0.455. The predicted octanol–water partition coefficient (Wildman–Crippen LogP) is 2.76. The molecular formula is C22H27N7O2S2. The van der Waals surface area contributed by atoms with E-state index in [4.69, 9.17) is 9.97 Å². The third kappa shape index (κ3) is 5.01. The van der Waals surface area contributed by atoms with Crippen molar-refractivity contribution in [3.05, 3.63) is 44.2 Å². The molecule has 9 nitrogen and oxygen atoms in total. The largest absolute Gasteiger partial charge is 0.477 e. The zero-order valence-electron chi connectivity index (χ0n) is 18.5. The van der Waals surface area contributed by atoms with Crippen molar-refractivity contribution < 1.29 is 9.90 Å². The number of aryl methyl sites for hydroxylation is 1. The molecule has 0 amide bonds. The van der Waals surface area contributed by atoms with Gasteiger partial charge < -0.3 is 15.3 Å². The molecule has 1 fully saturated rings. The van der Waals surface area contributed by atoms with Gasteiger partial charge in [-0.05, 0) is 42.2 Å². The van der Waals surface area contributed by atoms with Crippen LogP contribution in [-0.2, 0) is 19.4 Å². The molecule has 3 N–H and O–H groups in total. The van der Waals surface area contributed by atoms with E-state index in [9.17, 15) is 9.90 Å². The average molecular weight is 486 g/mol. The number of aromatic nitrogens is 3. The molecule has 0 radical (unpaired) electrons. The number of carboxylic acids is 1. The van der Waals surface area contributed by atoms with Gasteiger partial charge in [0, 0.05) is 51.4 Å². The van der Waals surface area contributed by atoms with Crippen LogP contribution in [-0.4, -0.2) is 70.2 Å². The molecule has 0 bridgehead atoms. The number of nitrogens with zero attached hydrogens (tertiary/aromatic N) is 5. The molecule has 5 heterocycles. The van der Waals surface area contributed by atoms with Gasteiger partial charge in [-0.2, -0.15) is 16.3 Å². The van der Waals surface area contributed by atoms with Gasteiger partial charge in [0.15, 0.2) is 5.13 Å². The Morgan fingerprint density at radius 2 is 2.09 bits per heavy atom. The molecule has 33 heavy (non-hydrogen) atoms. The van der Waals surface area contributed by atoms with Crippen LogP contribution in [0, 0.1) is 6.92 Å². The molecule has 0 aliphatic carbocycles. The summed E-state index contributed by atoms with van der Waals surface area (Å²) in [4.78, 5) is 30.5. The Morgan fingerprint density at radius 1 is 1.24 bits per heavy atom. The Hall–Kier alpha value is -2.60. The summed E-state index contributed by atoms with van der Waals surface area (Å²) in [7, 11) is 0. The molecule has 3 aromatic heterocycles. The number of hydrogen-bond donors (Lipinski definition) is 3. The van der Waals surface area contributed by atoms with Crippen LogP contribution in [0.4, 0.5) is 16.9 Å².